The summed E-state index contributed by atoms with van der Waals surface area (Å²) >= 11 is 0. The second-order valence-corrected chi connectivity index (χ2v) is 9.43. The molecule has 0 amide bonds. The maximum Gasteiger partial charge on any atom is 0.346 e. The number of hydrogen-bond donors (Lipinski definition) is 5. The molecule has 1 aliphatic heterocycles. The molecule has 3 aromatic rings. The Morgan fingerprint density at radius 3 is 2.34 bits per heavy atom. The van der Waals surface area contributed by atoms with E-state index in [9.17, 15) is 19.5 Å². The van der Waals surface area contributed by atoms with E-state index in [1.807, 2.05) is 0 Å². The van der Waals surface area contributed by atoms with Crippen molar-refractivity contribution in [1.82, 2.24) is 0 Å². The molecule has 1 aromatic heterocycles. The third kappa shape index (κ3) is 2.09. The van der Waals surface area contributed by atoms with Crippen molar-refractivity contribution in [3.05, 3.63) is 81.6 Å². The fraction of sp³-hybridized carbons (Fsp3) is 0.120. The van der Waals surface area contributed by atoms with Gasteiger partial charge in [0.25, 0.3) is 5.95 Å². The molecule has 3 aliphatic carbocycles. The molecule has 0 saturated heterocycles. The lowest BCUT2D eigenvalue weighted by atomic mass is 9.66. The minimum atomic E-state index is -1.21. The van der Waals surface area contributed by atoms with Crippen LogP contribution in [0, 0.1) is 15.8 Å². The van der Waals surface area contributed by atoms with E-state index in [-0.39, 0.29) is 38.3 Å². The van der Waals surface area contributed by atoms with Gasteiger partial charge in [-0.2, -0.15) is 0 Å². The van der Waals surface area contributed by atoms with E-state index < -0.39 is 34.3 Å². The van der Waals surface area contributed by atoms with Gasteiger partial charge in [-0.15, -0.1) is 0 Å². The van der Waals surface area contributed by atoms with E-state index in [1.165, 1.54) is 18.2 Å². The lowest BCUT2D eigenvalue weighted by Crippen LogP contribution is -2.49. The van der Waals surface area contributed by atoms with Gasteiger partial charge in [0.1, 0.15) is 0 Å². The zero-order chi connectivity index (χ0) is 24.7. The number of benzene rings is 3. The van der Waals surface area contributed by atoms with Gasteiger partial charge in [0.05, 0.1) is 26.9 Å². The number of nitrogens with one attached hydrogen (secondary N) is 1. The monoisotopic (exact) mass is 468 g/mol. The Balaban J connectivity index is 1.99. The van der Waals surface area contributed by atoms with Crippen molar-refractivity contribution in [1.29, 1.82) is 5.41 Å². The number of anilines is 2. The average molecular weight is 468 g/mol. The predicted molar refractivity (Wildman–Crippen MR) is 127 cm³/mol. The Bertz CT molecular complexity index is 2210. The standard InChI is InChI=1S/C25H16N4O6/c1-25(29)5-9-14-8(23(32)35-24(9)33)3-11(27)16-15-10(26)2-6-13-7(22(31)34-21(6)30)4-12(28)17(18(13)15)20(25)19(14)16/h2-5,20,28,32H,26-27,29H2,1H3. The van der Waals surface area contributed by atoms with Crippen LogP contribution in [0.5, 0.6) is 5.95 Å². The maximum atomic E-state index is 12.8. The third-order valence-electron chi connectivity index (χ3n) is 7.31. The van der Waals surface area contributed by atoms with Crippen LogP contribution in [0.15, 0.2) is 41.4 Å². The highest BCUT2D eigenvalue weighted by atomic mass is 16.5. The molecule has 0 bridgehead atoms. The van der Waals surface area contributed by atoms with Crippen molar-refractivity contribution in [2.75, 3.05) is 11.5 Å². The molecule has 2 atom stereocenters. The topological polar surface area (TPSA) is 200 Å². The molecule has 7 rings (SSSR count). The summed E-state index contributed by atoms with van der Waals surface area (Å²) in [5.41, 5.74) is 17.9. The average Bonchev–Trinajstić information content (AvgIpc) is 2.77. The highest BCUT2D eigenvalue weighted by molar-refractivity contribution is 6.04. The van der Waals surface area contributed by atoms with Gasteiger partial charge in [0.2, 0.25) is 0 Å². The lowest BCUT2D eigenvalue weighted by Gasteiger charge is -2.39. The fourth-order valence-corrected chi connectivity index (χ4v) is 6.11. The lowest BCUT2D eigenvalue weighted by molar-refractivity contribution is 0.315. The van der Waals surface area contributed by atoms with Crippen LogP contribution in [-0.2, 0) is 0 Å². The van der Waals surface area contributed by atoms with Crippen molar-refractivity contribution in [3.63, 3.8) is 0 Å². The number of nitrogen functional groups attached to an aromatic ring is 2. The number of aromatic hydroxyl groups is 1. The molecule has 0 radical (unpaired) electrons. The second kappa shape index (κ2) is 5.68. The summed E-state index contributed by atoms with van der Waals surface area (Å²) in [6, 6.07) is 4.27. The van der Waals surface area contributed by atoms with Gasteiger partial charge in [-0.3, -0.25) is 0 Å². The minimum Gasteiger partial charge on any atom is -0.480 e. The smallest absolute Gasteiger partial charge is 0.346 e. The summed E-state index contributed by atoms with van der Waals surface area (Å²) in [5, 5.41) is 21.6. The summed E-state index contributed by atoms with van der Waals surface area (Å²) in [6.07, 6.45) is 1.56. The molecule has 2 aromatic carbocycles. The first-order valence-electron chi connectivity index (χ1n) is 10.7. The molecule has 10 heteroatoms. The maximum absolute atomic E-state index is 12.8. The SMILES string of the molecule is CC1(N)C=c2c(=O)oc(O)c3cc(N)c4c(c23)C1c1c(=N)cc2c(=O)oc(=O)c3cc(N)c=4c1c3-2. The van der Waals surface area contributed by atoms with Gasteiger partial charge in [0.15, 0.2) is 0 Å². The van der Waals surface area contributed by atoms with Gasteiger partial charge in [-0.1, -0.05) is 0 Å². The van der Waals surface area contributed by atoms with Gasteiger partial charge in [-0.05, 0) is 47.7 Å². The molecule has 2 unspecified atom stereocenters. The quantitative estimate of drug-likeness (QED) is 0.196. The van der Waals surface area contributed by atoms with Crippen molar-refractivity contribution in [2.24, 2.45) is 5.73 Å². The Kier molecular flexibility index (Phi) is 3.20. The largest absolute Gasteiger partial charge is 0.480 e. The zero-order valence-corrected chi connectivity index (χ0v) is 18.1. The first-order valence-corrected chi connectivity index (χ1v) is 10.7. The molecule has 2 heterocycles. The Hall–Kier alpha value is -4.70. The van der Waals surface area contributed by atoms with Crippen molar-refractivity contribution >= 4 is 39.0 Å². The van der Waals surface area contributed by atoms with Crippen molar-refractivity contribution in [3.8, 4) is 17.1 Å². The summed E-state index contributed by atoms with van der Waals surface area (Å²) in [7, 11) is 0. The Morgan fingerprint density at radius 1 is 0.914 bits per heavy atom. The second-order valence-electron chi connectivity index (χ2n) is 9.43. The van der Waals surface area contributed by atoms with Crippen LogP contribution in [0.4, 0.5) is 11.4 Å². The summed E-state index contributed by atoms with van der Waals surface area (Å²) in [5.74, 6) is -1.30. The van der Waals surface area contributed by atoms with Gasteiger partial charge in [0, 0.05) is 44.2 Å². The summed E-state index contributed by atoms with van der Waals surface area (Å²) in [6.45, 7) is 1.70. The number of nitrogens with two attached hydrogens (primary N) is 3. The summed E-state index contributed by atoms with van der Waals surface area (Å²) in [4.78, 5) is 38.0. The molecular weight excluding hydrogens is 452 g/mol. The van der Waals surface area contributed by atoms with E-state index in [0.717, 1.165) is 0 Å². The van der Waals surface area contributed by atoms with E-state index in [1.54, 1.807) is 13.0 Å². The number of hydrogen-bond acceptors (Lipinski definition) is 10. The molecular formula is C25H16N4O6. The molecule has 8 N–H and O–H groups in total. The van der Waals surface area contributed by atoms with Gasteiger partial charge >= 0.3 is 16.9 Å². The highest BCUT2D eigenvalue weighted by Crippen LogP contribution is 2.49. The molecule has 0 fully saturated rings. The normalized spacial score (nSPS) is 20.0. The van der Waals surface area contributed by atoms with E-state index >= 15 is 0 Å². The molecule has 172 valence electrons. The molecule has 4 aliphatic rings. The Labute approximate surface area is 193 Å². The molecule has 10 nitrogen and oxygen atoms in total. The predicted octanol–water partition coefficient (Wildman–Crippen LogP) is 0.114. The van der Waals surface area contributed by atoms with Crippen molar-refractivity contribution < 1.29 is 13.9 Å². The molecule has 0 spiro atoms. The first kappa shape index (κ1) is 19.7. The van der Waals surface area contributed by atoms with Crippen LogP contribution in [-0.4, -0.2) is 10.6 Å². The zero-order valence-electron chi connectivity index (χ0n) is 18.1. The number of rotatable bonds is 0. The third-order valence-corrected chi connectivity index (χ3v) is 7.31. The molecule has 0 saturated carbocycles. The van der Waals surface area contributed by atoms with E-state index in [2.05, 4.69) is 0 Å². The number of fused-ring (bicyclic) bond motifs is 1. The Morgan fingerprint density at radius 2 is 1.60 bits per heavy atom. The van der Waals surface area contributed by atoms with Gasteiger partial charge in [-0.25, -0.2) is 14.4 Å². The first-order chi connectivity index (χ1) is 16.5. The van der Waals surface area contributed by atoms with Crippen LogP contribution in [0.3, 0.4) is 0 Å². The van der Waals surface area contributed by atoms with Crippen LogP contribution >= 0.6 is 0 Å². The minimum absolute atomic E-state index is 0.0106. The van der Waals surface area contributed by atoms with Crippen LogP contribution in [0.25, 0.3) is 38.7 Å². The molecule has 35 heavy (non-hydrogen) atoms. The van der Waals surface area contributed by atoms with Gasteiger partial charge < -0.3 is 36.6 Å². The van der Waals surface area contributed by atoms with E-state index in [0.29, 0.717) is 37.9 Å². The van der Waals surface area contributed by atoms with Crippen molar-refractivity contribution in [2.45, 2.75) is 18.4 Å². The van der Waals surface area contributed by atoms with Crippen LogP contribution in [0.1, 0.15) is 24.0 Å². The van der Waals surface area contributed by atoms with Crippen LogP contribution < -0.4 is 44.7 Å². The highest BCUT2D eigenvalue weighted by Gasteiger charge is 2.42. The summed E-state index contributed by atoms with van der Waals surface area (Å²) < 4.78 is 9.92. The fourth-order valence-electron chi connectivity index (χ4n) is 6.11. The van der Waals surface area contributed by atoms with Crippen LogP contribution in [0.2, 0.25) is 0 Å². The van der Waals surface area contributed by atoms with E-state index in [4.69, 9.17) is 31.4 Å².